The molecule has 0 radical (unpaired) electrons. The van der Waals surface area contributed by atoms with Crippen LogP contribution in [0.5, 0.6) is 0 Å². The molecule has 412 valence electrons. The summed E-state index contributed by atoms with van der Waals surface area (Å²) in [7, 11) is -19.3. The van der Waals surface area contributed by atoms with E-state index in [0.717, 1.165) is 70.1 Å². The van der Waals surface area contributed by atoms with Crippen LogP contribution < -0.4 is 19.6 Å². The Bertz CT molecular complexity index is 1280. The van der Waals surface area contributed by atoms with Crippen molar-refractivity contribution in [1.29, 1.82) is 0 Å². The number of unbranched alkanes of at least 4 members (excludes halogenated alkanes) is 8. The quantitative estimate of drug-likeness (QED) is 0.0539. The summed E-state index contributed by atoms with van der Waals surface area (Å²) in [6.07, 6.45) is 13.4. The maximum atomic E-state index is 11.9. The number of rotatable bonds is 35. The van der Waals surface area contributed by atoms with Gasteiger partial charge in [0, 0.05) is 31.6 Å². The first-order chi connectivity index (χ1) is 32.5. The first kappa shape index (κ1) is 86.0. The second-order valence-corrected chi connectivity index (χ2v) is 19.1. The average molecular weight is 1080 g/mol. The monoisotopic (exact) mass is 1080 g/mol. The summed E-state index contributed by atoms with van der Waals surface area (Å²) in [4.78, 5) is 142. The molecule has 0 amide bonds. The van der Waals surface area contributed by atoms with Crippen molar-refractivity contribution >= 4 is 97.2 Å². The molecule has 30 heteroatoms. The highest BCUT2D eigenvalue weighted by Gasteiger charge is 2.21. The lowest BCUT2D eigenvalue weighted by Crippen LogP contribution is -2.21. The Morgan fingerprint density at radius 2 is 0.696 bits per heavy atom. The first-order valence-corrected chi connectivity index (χ1v) is 26.4. The van der Waals surface area contributed by atoms with Gasteiger partial charge >= 0.3 is 0 Å². The molecular formula is C39H76O26P4-4. The van der Waals surface area contributed by atoms with Gasteiger partial charge in [0.05, 0.1) is 46.2 Å². The Kier molecular flexibility index (Phi) is 78.7. The minimum absolute atomic E-state index is 0.00663. The molecular weight excluding hydrogens is 1010 g/mol. The van der Waals surface area contributed by atoms with Crippen molar-refractivity contribution < 1.29 is 122 Å². The van der Waals surface area contributed by atoms with Crippen LogP contribution in [0, 0.1) is 17.3 Å². The average Bonchev–Trinajstić information content (AvgIpc) is 3.32. The van der Waals surface area contributed by atoms with E-state index in [9.17, 15) is 57.0 Å². The Hall–Kier alpha value is -2.86. The van der Waals surface area contributed by atoms with Crippen LogP contribution in [-0.2, 0) is 97.9 Å². The highest BCUT2D eigenvalue weighted by molar-refractivity contribution is 7.46. The fraction of sp³-hybridized carbons (Fsp3) is 0.744. The predicted octanol–water partition coefficient (Wildman–Crippen LogP) is 3.41. The third-order valence-corrected chi connectivity index (χ3v) is 10.5. The molecule has 1 N–H and O–H groups in total. The van der Waals surface area contributed by atoms with E-state index in [1.807, 2.05) is 68.4 Å². The third kappa shape index (κ3) is 85.4. The molecule has 0 bridgehead atoms. The van der Waals surface area contributed by atoms with Gasteiger partial charge in [-0.15, -0.1) is 0 Å². The Morgan fingerprint density at radius 3 is 0.942 bits per heavy atom. The first-order valence-electron chi connectivity index (χ1n) is 20.5. The van der Waals surface area contributed by atoms with Gasteiger partial charge in [0.25, 0.3) is 31.3 Å². The number of hydrogen-bond donors (Lipinski definition) is 1. The maximum absolute atomic E-state index is 11.9. The van der Waals surface area contributed by atoms with E-state index in [2.05, 4.69) is 22.6 Å². The molecule has 0 aliphatic rings. The minimum atomic E-state index is -4.92. The molecule has 0 aliphatic carbocycles. The molecule has 0 saturated heterocycles. The fourth-order valence-electron chi connectivity index (χ4n) is 4.15. The van der Waals surface area contributed by atoms with Gasteiger partial charge in [-0.1, -0.05) is 53.9 Å². The molecule has 6 atom stereocenters. The van der Waals surface area contributed by atoms with E-state index < -0.39 is 76.8 Å². The smallest absolute Gasteiger partial charge is 0.267 e. The topological polar surface area (TPSA) is 416 Å². The lowest BCUT2D eigenvalue weighted by Gasteiger charge is -2.29. The summed E-state index contributed by atoms with van der Waals surface area (Å²) in [6.45, 7) is 18.2. The molecule has 0 aromatic rings. The number of phosphoric acid groups is 4. The number of phosphoric ester groups is 4. The molecule has 0 aliphatic heterocycles. The van der Waals surface area contributed by atoms with Crippen LogP contribution in [0.4, 0.5) is 0 Å². The number of aldehydes is 4. The second-order valence-electron chi connectivity index (χ2n) is 13.6. The van der Waals surface area contributed by atoms with E-state index in [1.165, 1.54) is 0 Å². The molecule has 0 aromatic carbocycles. The molecule has 0 aromatic heterocycles. The van der Waals surface area contributed by atoms with Crippen LogP contribution in [0.3, 0.4) is 0 Å². The summed E-state index contributed by atoms with van der Waals surface area (Å²) in [5.41, 5.74) is -0.0157. The summed E-state index contributed by atoms with van der Waals surface area (Å²) < 4.78 is 78.0. The van der Waals surface area contributed by atoms with E-state index in [-0.39, 0.29) is 30.8 Å². The van der Waals surface area contributed by atoms with Crippen molar-refractivity contribution in [2.24, 2.45) is 17.3 Å². The van der Waals surface area contributed by atoms with Crippen LogP contribution >= 0.6 is 31.3 Å². The lowest BCUT2D eigenvalue weighted by atomic mass is 9.84. The van der Waals surface area contributed by atoms with Crippen LogP contribution in [0.1, 0.15) is 125 Å². The fourth-order valence-corrected chi connectivity index (χ4v) is 6.86. The van der Waals surface area contributed by atoms with Gasteiger partial charge in [-0.05, 0) is 56.3 Å². The zero-order valence-electron chi connectivity index (χ0n) is 40.5. The standard InChI is InChI=1S/C19H44O16P4.2C7H12O2.6CH2O/c1-6-17(13-19(3,4)5)14-33-38(25,26)31-11-12-32-39(27,28)35-16-18(7-2)15-34-37(23,24)30-10-8-9-29-36(20,21)22;2*8-6-4-2-1-3-5-7-9;6*1-2/h17-18H,6-16H2,1-5H3,(H,23,24)(H,25,26)(H,27,28)(H2,20,21,22);2*6-7H,1-5H2;6*1H2/p-4. The minimum Gasteiger partial charge on any atom is -0.756 e. The second kappa shape index (κ2) is 63.2. The van der Waals surface area contributed by atoms with Gasteiger partial charge < -0.3 is 104 Å². The number of carbonyl (C=O) groups is 10. The van der Waals surface area contributed by atoms with E-state index in [1.54, 1.807) is 6.92 Å². The van der Waals surface area contributed by atoms with Crippen molar-refractivity contribution in [2.45, 2.75) is 125 Å². The van der Waals surface area contributed by atoms with Crippen molar-refractivity contribution in [1.82, 2.24) is 0 Å². The van der Waals surface area contributed by atoms with Crippen LogP contribution in [0.25, 0.3) is 0 Å². The summed E-state index contributed by atoms with van der Waals surface area (Å²) >= 11 is 0. The van der Waals surface area contributed by atoms with Gasteiger partial charge in [-0.3, -0.25) is 18.3 Å². The van der Waals surface area contributed by atoms with Gasteiger partial charge in [0.2, 0.25) is 0 Å². The van der Waals surface area contributed by atoms with Gasteiger partial charge in [-0.2, -0.15) is 0 Å². The van der Waals surface area contributed by atoms with E-state index in [0.29, 0.717) is 32.1 Å². The highest BCUT2D eigenvalue weighted by atomic mass is 31.2. The normalized spacial score (nSPS) is 14.2. The zero-order valence-corrected chi connectivity index (χ0v) is 44.1. The van der Waals surface area contributed by atoms with Gasteiger partial charge in [0.1, 0.15) is 65.9 Å². The Morgan fingerprint density at radius 1 is 0.435 bits per heavy atom. The van der Waals surface area contributed by atoms with E-state index in [4.69, 9.17) is 42.7 Å². The van der Waals surface area contributed by atoms with Gasteiger partial charge in [0.15, 0.2) is 0 Å². The molecule has 26 nitrogen and oxygen atoms in total. The van der Waals surface area contributed by atoms with Crippen molar-refractivity contribution in [3.05, 3.63) is 0 Å². The molecule has 0 saturated carbocycles. The van der Waals surface area contributed by atoms with Crippen LogP contribution in [0.15, 0.2) is 0 Å². The SMILES string of the molecule is C=O.C=O.C=O.C=O.C=O.C=O.CCC(COP(=O)([O-])OCCCOP(=O)([O-])O)COP(=O)([O-])OCCOP(=O)([O-])OCC(CC)CC(C)(C)C.O=CCCCCCC=O.O=CCCCCCC=O. The number of carbonyl (C=O) groups excluding carboxylic acids is 10. The third-order valence-electron chi connectivity index (χ3n) is 7.12. The van der Waals surface area contributed by atoms with Crippen molar-refractivity contribution in [3.8, 4) is 0 Å². The summed E-state index contributed by atoms with van der Waals surface area (Å²) in [6, 6.07) is 0. The predicted molar refractivity (Wildman–Crippen MR) is 244 cm³/mol. The van der Waals surface area contributed by atoms with Gasteiger partial charge in [-0.25, -0.2) is 0 Å². The number of hydrogen-bond acceptors (Lipinski definition) is 25. The van der Waals surface area contributed by atoms with Crippen LogP contribution in [-0.4, -0.2) is 117 Å². The summed E-state index contributed by atoms with van der Waals surface area (Å²) in [5, 5.41) is 0. The van der Waals surface area contributed by atoms with Crippen molar-refractivity contribution in [2.75, 3.05) is 46.2 Å². The highest BCUT2D eigenvalue weighted by Crippen LogP contribution is 2.43. The lowest BCUT2D eigenvalue weighted by molar-refractivity contribution is -0.235. The molecule has 0 rings (SSSR count). The largest absolute Gasteiger partial charge is 0.756 e. The zero-order chi connectivity index (χ0) is 56.3. The molecule has 69 heavy (non-hydrogen) atoms. The van der Waals surface area contributed by atoms with E-state index >= 15 is 0 Å². The molecule has 0 fully saturated rings. The summed E-state index contributed by atoms with van der Waals surface area (Å²) in [5.74, 6) is -0.718. The Balaban J connectivity index is -0.000000139. The molecule has 0 spiro atoms. The van der Waals surface area contributed by atoms with Crippen LogP contribution in [0.2, 0.25) is 0 Å². The Labute approximate surface area is 406 Å². The molecule has 0 heterocycles. The molecule has 6 unspecified atom stereocenters. The maximum Gasteiger partial charge on any atom is 0.267 e. The van der Waals surface area contributed by atoms with Crippen molar-refractivity contribution in [3.63, 3.8) is 0 Å².